The normalized spacial score (nSPS) is 11.3. The number of hydrogen-bond acceptors (Lipinski definition) is 3. The van der Waals surface area contributed by atoms with Crippen molar-refractivity contribution in [3.05, 3.63) is 65.0 Å². The van der Waals surface area contributed by atoms with Crippen molar-refractivity contribution >= 4 is 40.7 Å². The number of aryl methyl sites for hydroxylation is 2. The molecule has 2 aromatic carbocycles. The van der Waals surface area contributed by atoms with E-state index in [2.05, 4.69) is 79.0 Å². The summed E-state index contributed by atoms with van der Waals surface area (Å²) >= 11 is 0. The van der Waals surface area contributed by atoms with Crippen LogP contribution in [0.4, 0.5) is 0 Å². The van der Waals surface area contributed by atoms with Gasteiger partial charge in [-0.05, 0) is 29.7 Å². The first-order chi connectivity index (χ1) is 13.3. The zero-order valence-electron chi connectivity index (χ0n) is 16.8. The van der Waals surface area contributed by atoms with Crippen LogP contribution in [0.2, 0.25) is 0 Å². The predicted octanol–water partition coefficient (Wildman–Crippen LogP) is 4.83. The smallest absolute Gasteiger partial charge is 0.191 e. The second-order valence-corrected chi connectivity index (χ2v) is 6.43. The van der Waals surface area contributed by atoms with Crippen molar-refractivity contribution in [3.8, 4) is 0 Å². The van der Waals surface area contributed by atoms with E-state index in [-0.39, 0.29) is 24.0 Å². The Labute approximate surface area is 184 Å². The lowest BCUT2D eigenvalue weighted by Gasteiger charge is -2.12. The van der Waals surface area contributed by atoms with Gasteiger partial charge in [0.1, 0.15) is 5.76 Å². The van der Waals surface area contributed by atoms with Gasteiger partial charge in [-0.1, -0.05) is 61.5 Å². The van der Waals surface area contributed by atoms with E-state index in [0.717, 1.165) is 42.4 Å². The van der Waals surface area contributed by atoms with E-state index in [1.54, 1.807) is 0 Å². The van der Waals surface area contributed by atoms with Gasteiger partial charge in [0.25, 0.3) is 0 Å². The lowest BCUT2D eigenvalue weighted by molar-refractivity contribution is 0.380. The molecule has 1 aromatic heterocycles. The van der Waals surface area contributed by atoms with E-state index in [0.29, 0.717) is 13.1 Å². The molecule has 3 rings (SSSR count). The number of fused-ring (bicyclic) bond motifs is 1. The largest absolute Gasteiger partial charge is 0.361 e. The first-order valence-corrected chi connectivity index (χ1v) is 9.71. The fourth-order valence-corrected chi connectivity index (χ4v) is 3.25. The van der Waals surface area contributed by atoms with Gasteiger partial charge in [-0.25, -0.2) is 4.99 Å². The molecule has 0 bridgehead atoms. The Balaban J connectivity index is 0.00000280. The molecule has 0 radical (unpaired) electrons. The number of nitrogens with zero attached hydrogens (tertiary/aromatic N) is 2. The molecule has 0 aliphatic heterocycles. The van der Waals surface area contributed by atoms with Crippen molar-refractivity contribution in [1.29, 1.82) is 0 Å². The van der Waals surface area contributed by atoms with Gasteiger partial charge in [-0.3, -0.25) is 0 Å². The molecular weight excluding hydrogens is 463 g/mol. The first-order valence-electron chi connectivity index (χ1n) is 9.71. The van der Waals surface area contributed by atoms with Gasteiger partial charge in [0.05, 0.1) is 12.2 Å². The minimum absolute atomic E-state index is 0. The third-order valence-electron chi connectivity index (χ3n) is 4.67. The molecule has 3 aromatic rings. The van der Waals surface area contributed by atoms with Crippen LogP contribution in [0.1, 0.15) is 43.4 Å². The fourth-order valence-electron chi connectivity index (χ4n) is 3.25. The van der Waals surface area contributed by atoms with Crippen molar-refractivity contribution < 1.29 is 4.52 Å². The molecule has 0 aliphatic carbocycles. The highest BCUT2D eigenvalue weighted by molar-refractivity contribution is 14.0. The molecule has 0 atom stereocenters. The van der Waals surface area contributed by atoms with Crippen LogP contribution in [0.3, 0.4) is 0 Å². The van der Waals surface area contributed by atoms with Gasteiger partial charge in [0.2, 0.25) is 0 Å². The number of benzene rings is 2. The summed E-state index contributed by atoms with van der Waals surface area (Å²) in [6, 6.07) is 14.8. The maximum atomic E-state index is 5.46. The summed E-state index contributed by atoms with van der Waals surface area (Å²) in [4.78, 5) is 4.79. The van der Waals surface area contributed by atoms with Gasteiger partial charge >= 0.3 is 0 Å². The molecule has 150 valence electrons. The van der Waals surface area contributed by atoms with E-state index in [4.69, 9.17) is 9.52 Å². The highest BCUT2D eigenvalue weighted by atomic mass is 127. The summed E-state index contributed by atoms with van der Waals surface area (Å²) in [5, 5.41) is 13.4. The predicted molar refractivity (Wildman–Crippen MR) is 126 cm³/mol. The van der Waals surface area contributed by atoms with E-state index in [9.17, 15) is 0 Å². The van der Waals surface area contributed by atoms with Crippen molar-refractivity contribution in [1.82, 2.24) is 15.8 Å². The summed E-state index contributed by atoms with van der Waals surface area (Å²) < 4.78 is 5.46. The monoisotopic (exact) mass is 492 g/mol. The summed E-state index contributed by atoms with van der Waals surface area (Å²) in [6.07, 6.45) is 1.71. The molecule has 2 N–H and O–H groups in total. The quantitative estimate of drug-likeness (QED) is 0.282. The number of aromatic nitrogens is 1. The maximum Gasteiger partial charge on any atom is 0.191 e. The zero-order chi connectivity index (χ0) is 19.1. The van der Waals surface area contributed by atoms with Gasteiger partial charge in [-0.15, -0.1) is 24.0 Å². The Morgan fingerprint density at radius 3 is 2.54 bits per heavy atom. The van der Waals surface area contributed by atoms with Gasteiger partial charge in [0.15, 0.2) is 5.96 Å². The molecule has 1 heterocycles. The van der Waals surface area contributed by atoms with Gasteiger partial charge in [0, 0.05) is 25.1 Å². The van der Waals surface area contributed by atoms with E-state index < -0.39 is 0 Å². The Morgan fingerprint density at radius 2 is 1.79 bits per heavy atom. The molecule has 28 heavy (non-hydrogen) atoms. The van der Waals surface area contributed by atoms with Crippen molar-refractivity contribution in [2.45, 2.75) is 46.7 Å². The summed E-state index contributed by atoms with van der Waals surface area (Å²) in [7, 11) is 0. The van der Waals surface area contributed by atoms with Crippen LogP contribution < -0.4 is 10.6 Å². The van der Waals surface area contributed by atoms with E-state index in [1.807, 2.05) is 0 Å². The van der Waals surface area contributed by atoms with Crippen LogP contribution in [0.15, 0.2) is 52.0 Å². The molecule has 5 nitrogen and oxygen atoms in total. The standard InChI is InChI=1S/C22H28N4O.HI/c1-4-20-19(21(5-2)27-26-20)15-25-22(23-6-3)24-14-17-12-9-11-16-10-7-8-13-18(16)17;/h7-13H,4-6,14-15H2,1-3H3,(H2,23,24,25);1H. The van der Waals surface area contributed by atoms with Crippen LogP contribution in [-0.4, -0.2) is 17.7 Å². The van der Waals surface area contributed by atoms with Crippen LogP contribution in [0.25, 0.3) is 10.8 Å². The topological polar surface area (TPSA) is 62.5 Å². The SMILES string of the molecule is CCNC(=NCc1cccc2ccccc12)NCc1c(CC)noc1CC.I. The second-order valence-electron chi connectivity index (χ2n) is 6.43. The van der Waals surface area contributed by atoms with Crippen molar-refractivity contribution in [2.24, 2.45) is 4.99 Å². The lowest BCUT2D eigenvalue weighted by Crippen LogP contribution is -2.37. The van der Waals surface area contributed by atoms with E-state index >= 15 is 0 Å². The number of aliphatic imine (C=N–C) groups is 1. The molecule has 0 aliphatic rings. The summed E-state index contributed by atoms with van der Waals surface area (Å²) in [5.41, 5.74) is 3.39. The average molecular weight is 492 g/mol. The molecule has 0 amide bonds. The fraction of sp³-hybridized carbons (Fsp3) is 0.364. The Bertz CT molecular complexity index is 893. The van der Waals surface area contributed by atoms with Crippen molar-refractivity contribution in [3.63, 3.8) is 0 Å². The molecule has 0 saturated carbocycles. The molecule has 6 heteroatoms. The first kappa shape index (κ1) is 22.2. The number of halogens is 1. The van der Waals surface area contributed by atoms with Crippen molar-refractivity contribution in [2.75, 3.05) is 6.54 Å². The minimum Gasteiger partial charge on any atom is -0.361 e. The average Bonchev–Trinajstić information content (AvgIpc) is 3.12. The third-order valence-corrected chi connectivity index (χ3v) is 4.67. The van der Waals surface area contributed by atoms with Crippen LogP contribution in [0, 0.1) is 0 Å². The van der Waals surface area contributed by atoms with Crippen LogP contribution in [0.5, 0.6) is 0 Å². The highest BCUT2D eigenvalue weighted by Gasteiger charge is 2.13. The molecular formula is C22H29IN4O. The van der Waals surface area contributed by atoms with E-state index in [1.165, 1.54) is 16.3 Å². The third kappa shape index (κ3) is 5.25. The Kier molecular flexibility index (Phi) is 8.76. The Hall–Kier alpha value is -2.09. The highest BCUT2D eigenvalue weighted by Crippen LogP contribution is 2.19. The summed E-state index contributed by atoms with van der Waals surface area (Å²) in [5.74, 6) is 1.75. The molecule has 0 spiro atoms. The van der Waals surface area contributed by atoms with Gasteiger partial charge < -0.3 is 15.2 Å². The zero-order valence-corrected chi connectivity index (χ0v) is 19.1. The number of guanidine groups is 1. The number of nitrogens with one attached hydrogen (secondary N) is 2. The van der Waals surface area contributed by atoms with Crippen LogP contribution >= 0.6 is 24.0 Å². The number of hydrogen-bond donors (Lipinski definition) is 2. The molecule has 0 fully saturated rings. The second kappa shape index (κ2) is 11.0. The molecule has 0 saturated heterocycles. The van der Waals surface area contributed by atoms with Crippen LogP contribution in [-0.2, 0) is 25.9 Å². The lowest BCUT2D eigenvalue weighted by atomic mass is 10.1. The molecule has 0 unspecified atom stereocenters. The Morgan fingerprint density at radius 1 is 1.00 bits per heavy atom. The minimum atomic E-state index is 0. The van der Waals surface area contributed by atoms with Gasteiger partial charge in [-0.2, -0.15) is 0 Å². The summed E-state index contributed by atoms with van der Waals surface area (Å²) in [6.45, 7) is 8.36. The number of rotatable bonds is 7. The maximum absolute atomic E-state index is 5.46.